The highest BCUT2D eigenvalue weighted by molar-refractivity contribution is 7.99. The lowest BCUT2D eigenvalue weighted by Gasteiger charge is -2.05. The van der Waals surface area contributed by atoms with Gasteiger partial charge in [0.25, 0.3) is 0 Å². The fourth-order valence-corrected chi connectivity index (χ4v) is 2.18. The van der Waals surface area contributed by atoms with Crippen molar-refractivity contribution in [2.45, 2.75) is 9.92 Å². The Kier molecular flexibility index (Phi) is 3.30. The first kappa shape index (κ1) is 11.5. The molecule has 0 aliphatic heterocycles. The van der Waals surface area contributed by atoms with Gasteiger partial charge in [0.1, 0.15) is 5.03 Å². The van der Waals surface area contributed by atoms with Crippen LogP contribution in [0.15, 0.2) is 52.5 Å². The van der Waals surface area contributed by atoms with Crippen LogP contribution in [0, 0.1) is 0 Å². The molecular weight excluding hydrogens is 236 g/mol. The van der Waals surface area contributed by atoms with Crippen LogP contribution in [0.25, 0.3) is 0 Å². The van der Waals surface area contributed by atoms with Crippen molar-refractivity contribution in [3.8, 4) is 0 Å². The Morgan fingerprint density at radius 1 is 1.29 bits per heavy atom. The second kappa shape index (κ2) is 4.88. The number of carbonyl (C=O) groups is 1. The first-order valence-corrected chi connectivity index (χ1v) is 5.70. The predicted molar refractivity (Wildman–Crippen MR) is 66.2 cm³/mol. The minimum absolute atomic E-state index is 0.124. The Morgan fingerprint density at radius 3 is 2.65 bits per heavy atom. The molecule has 2 rings (SSSR count). The molecule has 1 heterocycles. The molecule has 0 saturated carbocycles. The Morgan fingerprint density at radius 2 is 2.00 bits per heavy atom. The molecule has 0 fully saturated rings. The lowest BCUT2D eigenvalue weighted by atomic mass is 10.3. The highest BCUT2D eigenvalue weighted by Gasteiger charge is 2.13. The average molecular weight is 246 g/mol. The summed E-state index contributed by atoms with van der Waals surface area (Å²) < 4.78 is 0. The number of nitrogens with zero attached hydrogens (tertiary/aromatic N) is 1. The van der Waals surface area contributed by atoms with Gasteiger partial charge in [-0.05, 0) is 18.2 Å². The number of anilines is 1. The fourth-order valence-electron chi connectivity index (χ4n) is 1.30. The third-order valence-corrected chi connectivity index (χ3v) is 3.09. The van der Waals surface area contributed by atoms with E-state index in [0.29, 0.717) is 10.7 Å². The van der Waals surface area contributed by atoms with Crippen molar-refractivity contribution in [1.82, 2.24) is 4.98 Å². The van der Waals surface area contributed by atoms with E-state index in [4.69, 9.17) is 10.8 Å². The number of rotatable bonds is 3. The summed E-state index contributed by atoms with van der Waals surface area (Å²) in [7, 11) is 0. The number of carboxylic acid groups (broad SMARTS) is 1. The van der Waals surface area contributed by atoms with E-state index in [1.165, 1.54) is 24.0 Å². The number of benzene rings is 1. The molecule has 4 nitrogen and oxygen atoms in total. The Hall–Kier alpha value is -2.01. The summed E-state index contributed by atoms with van der Waals surface area (Å²) in [5.74, 6) is -1.02. The zero-order chi connectivity index (χ0) is 12.3. The van der Waals surface area contributed by atoms with Crippen LogP contribution in [0.4, 0.5) is 5.69 Å². The van der Waals surface area contributed by atoms with E-state index in [9.17, 15) is 4.79 Å². The van der Waals surface area contributed by atoms with E-state index in [0.717, 1.165) is 4.90 Å². The normalized spacial score (nSPS) is 10.1. The second-order valence-electron chi connectivity index (χ2n) is 3.34. The molecule has 86 valence electrons. The van der Waals surface area contributed by atoms with Gasteiger partial charge in [-0.3, -0.25) is 0 Å². The first-order chi connectivity index (χ1) is 8.16. The number of hydrogen-bond acceptors (Lipinski definition) is 4. The maximum absolute atomic E-state index is 11.1. The number of carboxylic acids is 1. The number of aromatic nitrogens is 1. The van der Waals surface area contributed by atoms with Crippen molar-refractivity contribution in [1.29, 1.82) is 0 Å². The minimum Gasteiger partial charge on any atom is -0.478 e. The number of pyridine rings is 1. The third kappa shape index (κ3) is 2.76. The predicted octanol–water partition coefficient (Wildman–Crippen LogP) is 2.51. The number of nitrogens with two attached hydrogens (primary N) is 1. The van der Waals surface area contributed by atoms with Gasteiger partial charge in [-0.1, -0.05) is 30.0 Å². The molecule has 1 aromatic heterocycles. The van der Waals surface area contributed by atoms with Crippen molar-refractivity contribution < 1.29 is 9.90 Å². The second-order valence-corrected chi connectivity index (χ2v) is 4.40. The van der Waals surface area contributed by atoms with Crippen LogP contribution in [0.2, 0.25) is 0 Å². The van der Waals surface area contributed by atoms with Crippen LogP contribution in [0.1, 0.15) is 10.4 Å². The Bertz CT molecular complexity index is 543. The SMILES string of the molecule is Nc1cnc(Sc2ccccc2)c(C(=O)O)c1. The molecule has 0 bridgehead atoms. The van der Waals surface area contributed by atoms with E-state index in [2.05, 4.69) is 4.98 Å². The molecule has 3 N–H and O–H groups in total. The highest BCUT2D eigenvalue weighted by atomic mass is 32.2. The van der Waals surface area contributed by atoms with Crippen LogP contribution >= 0.6 is 11.8 Å². The number of aromatic carboxylic acids is 1. The molecule has 0 aliphatic rings. The summed E-state index contributed by atoms with van der Waals surface area (Å²) in [5, 5.41) is 9.50. The quantitative estimate of drug-likeness (QED) is 0.870. The molecule has 1 aromatic carbocycles. The van der Waals surface area contributed by atoms with Gasteiger partial charge >= 0.3 is 5.97 Å². The summed E-state index contributed by atoms with van der Waals surface area (Å²) in [6, 6.07) is 10.9. The van der Waals surface area contributed by atoms with Crippen molar-refractivity contribution in [2.75, 3.05) is 5.73 Å². The van der Waals surface area contributed by atoms with E-state index in [-0.39, 0.29) is 5.56 Å². The first-order valence-electron chi connectivity index (χ1n) is 4.88. The zero-order valence-electron chi connectivity index (χ0n) is 8.83. The summed E-state index contributed by atoms with van der Waals surface area (Å²) in [6.07, 6.45) is 1.46. The van der Waals surface area contributed by atoms with E-state index in [1.807, 2.05) is 30.3 Å². The summed E-state index contributed by atoms with van der Waals surface area (Å²) in [4.78, 5) is 16.0. The zero-order valence-corrected chi connectivity index (χ0v) is 9.65. The van der Waals surface area contributed by atoms with E-state index < -0.39 is 5.97 Å². The summed E-state index contributed by atoms with van der Waals surface area (Å²) >= 11 is 1.30. The van der Waals surface area contributed by atoms with Gasteiger partial charge < -0.3 is 10.8 Å². The molecule has 0 radical (unpaired) electrons. The fraction of sp³-hybridized carbons (Fsp3) is 0. The van der Waals surface area contributed by atoms with Gasteiger partial charge in [0.05, 0.1) is 17.4 Å². The largest absolute Gasteiger partial charge is 0.478 e. The molecule has 0 aliphatic carbocycles. The molecule has 5 heteroatoms. The van der Waals surface area contributed by atoms with Crippen molar-refractivity contribution >= 4 is 23.4 Å². The van der Waals surface area contributed by atoms with Crippen LogP contribution < -0.4 is 5.73 Å². The minimum atomic E-state index is -1.02. The molecule has 2 aromatic rings. The van der Waals surface area contributed by atoms with Gasteiger partial charge in [-0.25, -0.2) is 9.78 Å². The van der Waals surface area contributed by atoms with Crippen LogP contribution in [-0.4, -0.2) is 16.1 Å². The maximum atomic E-state index is 11.1. The lowest BCUT2D eigenvalue weighted by molar-refractivity contribution is 0.0692. The van der Waals surface area contributed by atoms with Crippen molar-refractivity contribution in [3.05, 3.63) is 48.2 Å². The molecule has 0 atom stereocenters. The van der Waals surface area contributed by atoms with Gasteiger partial charge in [0.15, 0.2) is 0 Å². The van der Waals surface area contributed by atoms with Gasteiger partial charge in [-0.15, -0.1) is 0 Å². The van der Waals surface area contributed by atoms with Crippen LogP contribution in [0.5, 0.6) is 0 Å². The van der Waals surface area contributed by atoms with Gasteiger partial charge in [0, 0.05) is 4.90 Å². The Balaban J connectivity index is 2.36. The third-order valence-electron chi connectivity index (χ3n) is 2.06. The maximum Gasteiger partial charge on any atom is 0.338 e. The summed E-state index contributed by atoms with van der Waals surface area (Å²) in [6.45, 7) is 0. The Labute approximate surface area is 102 Å². The molecule has 0 saturated heterocycles. The molecule has 17 heavy (non-hydrogen) atoms. The van der Waals surface area contributed by atoms with Crippen molar-refractivity contribution in [3.63, 3.8) is 0 Å². The van der Waals surface area contributed by atoms with Gasteiger partial charge in [-0.2, -0.15) is 0 Å². The summed E-state index contributed by atoms with van der Waals surface area (Å²) in [5.41, 5.74) is 5.99. The van der Waals surface area contributed by atoms with Gasteiger partial charge in [0.2, 0.25) is 0 Å². The van der Waals surface area contributed by atoms with Crippen molar-refractivity contribution in [2.24, 2.45) is 0 Å². The van der Waals surface area contributed by atoms with E-state index in [1.54, 1.807) is 0 Å². The smallest absolute Gasteiger partial charge is 0.338 e. The molecule has 0 unspecified atom stereocenters. The highest BCUT2D eigenvalue weighted by Crippen LogP contribution is 2.29. The van der Waals surface area contributed by atoms with E-state index >= 15 is 0 Å². The standard InChI is InChI=1S/C12H10N2O2S/c13-8-6-10(12(15)16)11(14-7-8)17-9-4-2-1-3-5-9/h1-7H,13H2,(H,15,16). The molecular formula is C12H10N2O2S. The number of hydrogen-bond donors (Lipinski definition) is 2. The average Bonchev–Trinajstić information content (AvgIpc) is 2.32. The number of nitrogen functional groups attached to an aromatic ring is 1. The lowest BCUT2D eigenvalue weighted by Crippen LogP contribution is -2.02. The monoisotopic (exact) mass is 246 g/mol. The molecule has 0 amide bonds. The van der Waals surface area contributed by atoms with Crippen LogP contribution in [0.3, 0.4) is 0 Å². The topological polar surface area (TPSA) is 76.2 Å². The molecule has 0 spiro atoms. The van der Waals surface area contributed by atoms with Crippen LogP contribution in [-0.2, 0) is 0 Å².